The molecule has 0 radical (unpaired) electrons. The van der Waals surface area contributed by atoms with E-state index in [0.717, 1.165) is 11.3 Å². The van der Waals surface area contributed by atoms with Gasteiger partial charge in [-0.3, -0.25) is 19.1 Å². The lowest BCUT2D eigenvalue weighted by Crippen LogP contribution is -2.31. The number of hydrogen-bond donors (Lipinski definition) is 2. The molecule has 0 aliphatic carbocycles. The Morgan fingerprint density at radius 1 is 1.33 bits per heavy atom. The second-order valence-electron chi connectivity index (χ2n) is 5.57. The SMILES string of the molecule is CN1C(=O)CCc2cc(C(=O)Nc3cnn(CC(=O)O)c3)ccc21. The Balaban J connectivity index is 1.75. The van der Waals surface area contributed by atoms with Crippen molar-refractivity contribution in [2.45, 2.75) is 19.4 Å². The molecule has 2 N–H and O–H groups in total. The minimum absolute atomic E-state index is 0.0607. The highest BCUT2D eigenvalue weighted by Gasteiger charge is 2.21. The Morgan fingerprint density at radius 2 is 2.12 bits per heavy atom. The number of nitrogens with zero attached hydrogens (tertiary/aromatic N) is 3. The van der Waals surface area contributed by atoms with E-state index in [1.54, 1.807) is 30.1 Å². The zero-order chi connectivity index (χ0) is 17.3. The first-order valence-electron chi connectivity index (χ1n) is 7.39. The lowest BCUT2D eigenvalue weighted by molar-refractivity contribution is -0.137. The molecule has 1 aliphatic heterocycles. The molecule has 3 rings (SSSR count). The van der Waals surface area contributed by atoms with Crippen LogP contribution >= 0.6 is 0 Å². The van der Waals surface area contributed by atoms with Crippen molar-refractivity contribution < 1.29 is 19.5 Å². The predicted octanol–water partition coefficient (Wildman–Crippen LogP) is 1.13. The fraction of sp³-hybridized carbons (Fsp3) is 0.250. The quantitative estimate of drug-likeness (QED) is 0.875. The zero-order valence-corrected chi connectivity index (χ0v) is 13.0. The lowest BCUT2D eigenvalue weighted by Gasteiger charge is -2.26. The average molecular weight is 328 g/mol. The molecule has 8 nitrogen and oxygen atoms in total. The first-order chi connectivity index (χ1) is 11.4. The molecular weight excluding hydrogens is 312 g/mol. The van der Waals surface area contributed by atoms with Gasteiger partial charge in [0.05, 0.1) is 11.9 Å². The van der Waals surface area contributed by atoms with Gasteiger partial charge in [-0.15, -0.1) is 0 Å². The summed E-state index contributed by atoms with van der Waals surface area (Å²) in [5.41, 5.74) is 2.66. The molecule has 24 heavy (non-hydrogen) atoms. The van der Waals surface area contributed by atoms with Gasteiger partial charge in [-0.25, -0.2) is 0 Å². The number of carbonyl (C=O) groups is 3. The molecule has 2 aromatic rings. The van der Waals surface area contributed by atoms with Gasteiger partial charge in [-0.1, -0.05) is 0 Å². The largest absolute Gasteiger partial charge is 0.480 e. The molecule has 1 aromatic carbocycles. The number of amides is 2. The predicted molar refractivity (Wildman–Crippen MR) is 86.0 cm³/mol. The van der Waals surface area contributed by atoms with E-state index in [-0.39, 0.29) is 18.4 Å². The van der Waals surface area contributed by atoms with Crippen molar-refractivity contribution in [1.29, 1.82) is 0 Å². The van der Waals surface area contributed by atoms with Gasteiger partial charge in [0.15, 0.2) is 0 Å². The van der Waals surface area contributed by atoms with E-state index in [1.165, 1.54) is 17.1 Å². The number of anilines is 2. The van der Waals surface area contributed by atoms with E-state index in [0.29, 0.717) is 24.1 Å². The van der Waals surface area contributed by atoms with E-state index in [9.17, 15) is 14.4 Å². The van der Waals surface area contributed by atoms with Crippen molar-refractivity contribution in [2.24, 2.45) is 0 Å². The molecule has 2 amide bonds. The van der Waals surface area contributed by atoms with Crippen LogP contribution in [0.2, 0.25) is 0 Å². The van der Waals surface area contributed by atoms with Gasteiger partial charge < -0.3 is 15.3 Å². The minimum atomic E-state index is -1.01. The van der Waals surface area contributed by atoms with Gasteiger partial charge in [0.2, 0.25) is 5.91 Å². The molecular formula is C16H16N4O4. The molecule has 0 spiro atoms. The second kappa shape index (κ2) is 6.15. The molecule has 0 unspecified atom stereocenters. The van der Waals surface area contributed by atoms with Gasteiger partial charge in [0, 0.05) is 30.9 Å². The van der Waals surface area contributed by atoms with Crippen LogP contribution in [0.3, 0.4) is 0 Å². The molecule has 1 aromatic heterocycles. The third-order valence-electron chi connectivity index (χ3n) is 3.87. The standard InChI is InChI=1S/C16H16N4O4/c1-19-13-4-2-11(6-10(13)3-5-14(19)21)16(24)18-12-7-17-20(8-12)9-15(22)23/h2,4,6-8H,3,5,9H2,1H3,(H,18,24)(H,22,23). The first-order valence-corrected chi connectivity index (χ1v) is 7.39. The Bertz CT molecular complexity index is 827. The van der Waals surface area contributed by atoms with E-state index in [2.05, 4.69) is 10.4 Å². The van der Waals surface area contributed by atoms with Crippen LogP contribution in [0.1, 0.15) is 22.3 Å². The summed E-state index contributed by atoms with van der Waals surface area (Å²) >= 11 is 0. The number of carboxylic acid groups (broad SMARTS) is 1. The summed E-state index contributed by atoms with van der Waals surface area (Å²) in [5.74, 6) is -1.26. The highest BCUT2D eigenvalue weighted by Crippen LogP contribution is 2.27. The molecule has 0 bridgehead atoms. The summed E-state index contributed by atoms with van der Waals surface area (Å²) in [4.78, 5) is 36.2. The van der Waals surface area contributed by atoms with Gasteiger partial charge in [0.25, 0.3) is 5.91 Å². The van der Waals surface area contributed by atoms with E-state index < -0.39 is 5.97 Å². The van der Waals surface area contributed by atoms with Crippen molar-refractivity contribution in [3.05, 3.63) is 41.7 Å². The summed E-state index contributed by atoms with van der Waals surface area (Å²) < 4.78 is 1.23. The van der Waals surface area contributed by atoms with Crippen LogP contribution in [-0.2, 0) is 22.6 Å². The smallest absolute Gasteiger partial charge is 0.325 e. The van der Waals surface area contributed by atoms with E-state index in [1.807, 2.05) is 0 Å². The first kappa shape index (κ1) is 15.7. The Hall–Kier alpha value is -3.16. The fourth-order valence-corrected chi connectivity index (χ4v) is 2.65. The molecule has 124 valence electrons. The topological polar surface area (TPSA) is 105 Å². The number of benzene rings is 1. The number of carbonyl (C=O) groups excluding carboxylic acids is 2. The number of carboxylic acids is 1. The number of aryl methyl sites for hydroxylation is 1. The maximum Gasteiger partial charge on any atom is 0.325 e. The highest BCUT2D eigenvalue weighted by molar-refractivity contribution is 6.05. The molecule has 0 saturated heterocycles. The Kier molecular flexibility index (Phi) is 4.03. The fourth-order valence-electron chi connectivity index (χ4n) is 2.65. The number of hydrogen-bond acceptors (Lipinski definition) is 4. The van der Waals surface area contributed by atoms with Crippen molar-refractivity contribution in [2.75, 3.05) is 17.3 Å². The van der Waals surface area contributed by atoms with Crippen LogP contribution in [0.25, 0.3) is 0 Å². The van der Waals surface area contributed by atoms with Crippen LogP contribution in [-0.4, -0.2) is 39.7 Å². The Morgan fingerprint density at radius 3 is 2.88 bits per heavy atom. The van der Waals surface area contributed by atoms with Gasteiger partial charge in [0.1, 0.15) is 6.54 Å². The molecule has 0 atom stereocenters. The van der Waals surface area contributed by atoms with Crippen molar-refractivity contribution in [1.82, 2.24) is 9.78 Å². The van der Waals surface area contributed by atoms with Crippen LogP contribution in [0, 0.1) is 0 Å². The second-order valence-corrected chi connectivity index (χ2v) is 5.57. The molecule has 0 saturated carbocycles. The summed E-state index contributed by atoms with van der Waals surface area (Å²) in [6.45, 7) is -0.269. The van der Waals surface area contributed by atoms with Crippen LogP contribution < -0.4 is 10.2 Å². The molecule has 2 heterocycles. The highest BCUT2D eigenvalue weighted by atomic mass is 16.4. The molecule has 1 aliphatic rings. The third-order valence-corrected chi connectivity index (χ3v) is 3.87. The monoisotopic (exact) mass is 328 g/mol. The van der Waals surface area contributed by atoms with Gasteiger partial charge in [-0.2, -0.15) is 5.10 Å². The minimum Gasteiger partial charge on any atom is -0.480 e. The normalized spacial score (nSPS) is 13.5. The Labute approximate surface area is 137 Å². The van der Waals surface area contributed by atoms with Crippen LogP contribution in [0.5, 0.6) is 0 Å². The van der Waals surface area contributed by atoms with Crippen molar-refractivity contribution >= 4 is 29.2 Å². The number of fused-ring (bicyclic) bond motifs is 1. The number of aliphatic carboxylic acids is 1. The zero-order valence-electron chi connectivity index (χ0n) is 13.0. The summed E-state index contributed by atoms with van der Waals surface area (Å²) in [6, 6.07) is 5.19. The van der Waals surface area contributed by atoms with E-state index >= 15 is 0 Å². The van der Waals surface area contributed by atoms with Crippen LogP contribution in [0.4, 0.5) is 11.4 Å². The number of nitrogens with one attached hydrogen (secondary N) is 1. The van der Waals surface area contributed by atoms with E-state index in [4.69, 9.17) is 5.11 Å². The summed E-state index contributed by atoms with van der Waals surface area (Å²) in [7, 11) is 1.72. The molecule has 0 fully saturated rings. The van der Waals surface area contributed by atoms with Gasteiger partial charge >= 0.3 is 5.97 Å². The number of aromatic nitrogens is 2. The summed E-state index contributed by atoms with van der Waals surface area (Å²) in [5, 5.41) is 15.3. The van der Waals surface area contributed by atoms with Crippen molar-refractivity contribution in [3.63, 3.8) is 0 Å². The maximum atomic E-state index is 12.3. The maximum absolute atomic E-state index is 12.3. The van der Waals surface area contributed by atoms with Crippen molar-refractivity contribution in [3.8, 4) is 0 Å². The lowest BCUT2D eigenvalue weighted by atomic mass is 9.99. The average Bonchev–Trinajstić information content (AvgIpc) is 2.96. The molecule has 8 heteroatoms. The third kappa shape index (κ3) is 3.12. The van der Waals surface area contributed by atoms with Gasteiger partial charge in [-0.05, 0) is 30.2 Å². The number of rotatable bonds is 4. The summed E-state index contributed by atoms with van der Waals surface area (Å²) in [6.07, 6.45) is 3.88. The van der Waals surface area contributed by atoms with Crippen LogP contribution in [0.15, 0.2) is 30.6 Å².